The lowest BCUT2D eigenvalue weighted by molar-refractivity contribution is -0.130. The lowest BCUT2D eigenvalue weighted by Gasteiger charge is -2.33. The van der Waals surface area contributed by atoms with Crippen LogP contribution in [-0.2, 0) is 16.1 Å². The van der Waals surface area contributed by atoms with Gasteiger partial charge in [-0.15, -0.1) is 0 Å². The Balaban J connectivity index is 1.44. The topological polar surface area (TPSA) is 52.7 Å². The first-order valence-corrected chi connectivity index (χ1v) is 9.97. The fourth-order valence-corrected chi connectivity index (χ4v) is 4.14. The van der Waals surface area contributed by atoms with E-state index in [1.165, 1.54) is 38.2 Å². The lowest BCUT2D eigenvalue weighted by Crippen LogP contribution is -2.35. The van der Waals surface area contributed by atoms with Crippen molar-refractivity contribution in [1.29, 1.82) is 0 Å². The van der Waals surface area contributed by atoms with Gasteiger partial charge in [0.2, 0.25) is 11.8 Å². The summed E-state index contributed by atoms with van der Waals surface area (Å²) in [6, 6.07) is 8.11. The summed E-state index contributed by atoms with van der Waals surface area (Å²) in [6.45, 7) is 6.60. The second-order valence-corrected chi connectivity index (χ2v) is 7.75. The van der Waals surface area contributed by atoms with Crippen LogP contribution < -0.4 is 5.32 Å². The van der Waals surface area contributed by atoms with E-state index < -0.39 is 0 Å². The summed E-state index contributed by atoms with van der Waals surface area (Å²) in [5.74, 6) is 0.947. The minimum atomic E-state index is -0.0416. The van der Waals surface area contributed by atoms with Crippen LogP contribution in [0.25, 0.3) is 0 Å². The van der Waals surface area contributed by atoms with Gasteiger partial charge >= 0.3 is 0 Å². The van der Waals surface area contributed by atoms with Crippen LogP contribution in [0, 0.1) is 5.92 Å². The maximum atomic E-state index is 12.3. The van der Waals surface area contributed by atoms with Crippen molar-refractivity contribution in [3.8, 4) is 0 Å². The summed E-state index contributed by atoms with van der Waals surface area (Å²) in [4.78, 5) is 27.9. The number of carbonyl (C=O) groups excluding carboxylic acids is 2. The third-order valence-electron chi connectivity index (χ3n) is 5.51. The predicted molar refractivity (Wildman–Crippen MR) is 104 cm³/mol. The zero-order valence-electron chi connectivity index (χ0n) is 15.9. The first kappa shape index (κ1) is 18.9. The van der Waals surface area contributed by atoms with Crippen LogP contribution in [0.1, 0.15) is 51.0 Å². The van der Waals surface area contributed by atoms with Crippen molar-refractivity contribution in [2.75, 3.05) is 31.5 Å². The molecular formula is C21H31N3O2. The molecule has 2 saturated heterocycles. The maximum Gasteiger partial charge on any atom is 0.222 e. The molecule has 0 aromatic heterocycles. The molecule has 2 aliphatic heterocycles. The van der Waals surface area contributed by atoms with Gasteiger partial charge in [-0.3, -0.25) is 14.5 Å². The summed E-state index contributed by atoms with van der Waals surface area (Å²) in [5, 5.41) is 2.80. The van der Waals surface area contributed by atoms with Crippen LogP contribution >= 0.6 is 0 Å². The van der Waals surface area contributed by atoms with E-state index in [0.717, 1.165) is 44.8 Å². The van der Waals surface area contributed by atoms with E-state index in [0.29, 0.717) is 18.2 Å². The number of anilines is 1. The number of nitrogens with zero attached hydrogens (tertiary/aromatic N) is 2. The molecule has 1 unspecified atom stereocenters. The molecule has 0 aliphatic carbocycles. The smallest absolute Gasteiger partial charge is 0.222 e. The van der Waals surface area contributed by atoms with Crippen LogP contribution in [-0.4, -0.2) is 47.8 Å². The van der Waals surface area contributed by atoms with Crippen LogP contribution in [0.5, 0.6) is 0 Å². The molecule has 1 N–H and O–H groups in total. The molecule has 142 valence electrons. The molecule has 2 heterocycles. The second-order valence-electron chi connectivity index (χ2n) is 7.75. The number of hydrogen-bond acceptors (Lipinski definition) is 3. The molecule has 5 nitrogen and oxygen atoms in total. The summed E-state index contributed by atoms with van der Waals surface area (Å²) < 4.78 is 0. The molecule has 1 aromatic carbocycles. The zero-order valence-corrected chi connectivity index (χ0v) is 15.9. The Hall–Kier alpha value is -1.88. The Morgan fingerprint density at radius 3 is 2.50 bits per heavy atom. The van der Waals surface area contributed by atoms with E-state index in [1.807, 2.05) is 17.0 Å². The number of carbonyl (C=O) groups is 2. The van der Waals surface area contributed by atoms with E-state index in [1.54, 1.807) is 0 Å². The van der Waals surface area contributed by atoms with Gasteiger partial charge in [0.25, 0.3) is 0 Å². The molecule has 0 bridgehead atoms. The Morgan fingerprint density at radius 1 is 1.08 bits per heavy atom. The highest BCUT2D eigenvalue weighted by Crippen LogP contribution is 2.24. The summed E-state index contributed by atoms with van der Waals surface area (Å²) >= 11 is 0. The van der Waals surface area contributed by atoms with Crippen molar-refractivity contribution in [3.63, 3.8) is 0 Å². The molecule has 1 atom stereocenters. The van der Waals surface area contributed by atoms with Gasteiger partial charge in [-0.05, 0) is 62.3 Å². The number of rotatable bonds is 6. The predicted octanol–water partition coefficient (Wildman–Crippen LogP) is 3.26. The first-order chi connectivity index (χ1) is 12.6. The Labute approximate surface area is 156 Å². The van der Waals surface area contributed by atoms with Gasteiger partial charge in [-0.2, -0.15) is 0 Å². The molecular weight excluding hydrogens is 326 g/mol. The molecule has 0 spiro atoms. The normalized spacial score (nSPS) is 21.0. The quantitative estimate of drug-likeness (QED) is 0.850. The standard InChI is InChI=1S/C21H31N3O2/c1-17(25)22-20-9-6-19(7-10-20)16-23-12-4-5-18(15-23)8-11-21(26)24-13-2-3-14-24/h6-7,9-10,18H,2-5,8,11-16H2,1H3,(H,22,25). The molecule has 0 saturated carbocycles. The van der Waals surface area contributed by atoms with Gasteiger partial charge in [0, 0.05) is 45.2 Å². The number of nitrogens with one attached hydrogen (secondary N) is 1. The van der Waals surface area contributed by atoms with Gasteiger partial charge < -0.3 is 10.2 Å². The number of hydrogen-bond donors (Lipinski definition) is 1. The lowest BCUT2D eigenvalue weighted by atomic mass is 9.93. The Kier molecular flexibility index (Phi) is 6.67. The van der Waals surface area contributed by atoms with Gasteiger partial charge in [0.1, 0.15) is 0 Å². The molecule has 2 fully saturated rings. The van der Waals surface area contributed by atoms with Crippen molar-refractivity contribution in [2.24, 2.45) is 5.92 Å². The van der Waals surface area contributed by atoms with Crippen molar-refractivity contribution in [1.82, 2.24) is 9.80 Å². The highest BCUT2D eigenvalue weighted by molar-refractivity contribution is 5.88. The summed E-state index contributed by atoms with van der Waals surface area (Å²) in [7, 11) is 0. The maximum absolute atomic E-state index is 12.3. The highest BCUT2D eigenvalue weighted by atomic mass is 16.2. The van der Waals surface area contributed by atoms with Crippen molar-refractivity contribution < 1.29 is 9.59 Å². The zero-order chi connectivity index (χ0) is 18.4. The third kappa shape index (κ3) is 5.56. The third-order valence-corrected chi connectivity index (χ3v) is 5.51. The fraction of sp³-hybridized carbons (Fsp3) is 0.619. The van der Waals surface area contributed by atoms with E-state index in [4.69, 9.17) is 0 Å². The summed E-state index contributed by atoms with van der Waals surface area (Å²) in [6.07, 6.45) is 6.53. The Bertz CT molecular complexity index is 608. The molecule has 5 heteroatoms. The first-order valence-electron chi connectivity index (χ1n) is 9.97. The molecule has 26 heavy (non-hydrogen) atoms. The fourth-order valence-electron chi connectivity index (χ4n) is 4.14. The second kappa shape index (κ2) is 9.17. The van der Waals surface area contributed by atoms with Gasteiger partial charge in [0.15, 0.2) is 0 Å². The van der Waals surface area contributed by atoms with Crippen molar-refractivity contribution >= 4 is 17.5 Å². The number of piperidine rings is 1. The average Bonchev–Trinajstić information content (AvgIpc) is 3.16. The van der Waals surface area contributed by atoms with Crippen LogP contribution in [0.3, 0.4) is 0 Å². The van der Waals surface area contributed by atoms with Crippen molar-refractivity contribution in [2.45, 2.75) is 52.0 Å². The van der Waals surface area contributed by atoms with E-state index in [2.05, 4.69) is 22.3 Å². The van der Waals surface area contributed by atoms with Crippen LogP contribution in [0.2, 0.25) is 0 Å². The largest absolute Gasteiger partial charge is 0.343 e. The molecule has 0 radical (unpaired) electrons. The molecule has 1 aromatic rings. The monoisotopic (exact) mass is 357 g/mol. The van der Waals surface area contributed by atoms with E-state index in [-0.39, 0.29) is 5.91 Å². The van der Waals surface area contributed by atoms with Crippen LogP contribution in [0.15, 0.2) is 24.3 Å². The number of benzene rings is 1. The minimum absolute atomic E-state index is 0.0416. The van der Waals surface area contributed by atoms with E-state index in [9.17, 15) is 9.59 Å². The van der Waals surface area contributed by atoms with Gasteiger partial charge in [-0.25, -0.2) is 0 Å². The minimum Gasteiger partial charge on any atom is -0.343 e. The molecule has 3 rings (SSSR count). The number of likely N-dealkylation sites (tertiary alicyclic amines) is 2. The SMILES string of the molecule is CC(=O)Nc1ccc(CN2CCCC(CCC(=O)N3CCCC3)C2)cc1. The summed E-state index contributed by atoms with van der Waals surface area (Å²) in [5.41, 5.74) is 2.12. The average molecular weight is 357 g/mol. The number of amides is 2. The van der Waals surface area contributed by atoms with Gasteiger partial charge in [-0.1, -0.05) is 12.1 Å². The molecule has 2 amide bonds. The Morgan fingerprint density at radius 2 is 1.81 bits per heavy atom. The van der Waals surface area contributed by atoms with E-state index >= 15 is 0 Å². The van der Waals surface area contributed by atoms with Gasteiger partial charge in [0.05, 0.1) is 0 Å². The molecule has 2 aliphatic rings. The van der Waals surface area contributed by atoms with Crippen LogP contribution in [0.4, 0.5) is 5.69 Å². The highest BCUT2D eigenvalue weighted by Gasteiger charge is 2.23. The van der Waals surface area contributed by atoms with Crippen molar-refractivity contribution in [3.05, 3.63) is 29.8 Å².